The van der Waals surface area contributed by atoms with Gasteiger partial charge in [0.1, 0.15) is 5.76 Å². The number of ketones is 1. The van der Waals surface area contributed by atoms with Crippen LogP contribution in [0.1, 0.15) is 22.7 Å². The average molecular weight is 508 g/mol. The summed E-state index contributed by atoms with van der Waals surface area (Å²) < 4.78 is 5.18. The molecular formula is C26H19Cl2N3O4. The van der Waals surface area contributed by atoms with Gasteiger partial charge < -0.3 is 19.7 Å². The molecule has 0 spiro atoms. The Labute approximate surface area is 210 Å². The van der Waals surface area contributed by atoms with Crippen LogP contribution in [0.3, 0.4) is 0 Å². The number of amides is 1. The predicted octanol–water partition coefficient (Wildman–Crippen LogP) is 5.50. The van der Waals surface area contributed by atoms with Crippen LogP contribution in [0.2, 0.25) is 10.0 Å². The topological polar surface area (TPSA) is 95.5 Å². The summed E-state index contributed by atoms with van der Waals surface area (Å²) >= 11 is 12.6. The van der Waals surface area contributed by atoms with Crippen molar-refractivity contribution in [1.29, 1.82) is 0 Å². The van der Waals surface area contributed by atoms with E-state index in [1.165, 1.54) is 24.1 Å². The molecule has 1 atom stereocenters. The fraction of sp³-hybridized carbons (Fsp3) is 0.115. The van der Waals surface area contributed by atoms with E-state index < -0.39 is 17.7 Å². The van der Waals surface area contributed by atoms with E-state index >= 15 is 0 Å². The Morgan fingerprint density at radius 2 is 1.89 bits per heavy atom. The molecule has 1 amide bonds. The van der Waals surface area contributed by atoms with E-state index in [0.29, 0.717) is 5.56 Å². The number of aromatic nitrogens is 2. The van der Waals surface area contributed by atoms with Crippen LogP contribution in [0.4, 0.5) is 0 Å². The van der Waals surface area contributed by atoms with Crippen molar-refractivity contribution >= 4 is 51.6 Å². The van der Waals surface area contributed by atoms with Gasteiger partial charge in [0.25, 0.3) is 11.7 Å². The summed E-state index contributed by atoms with van der Waals surface area (Å²) in [4.78, 5) is 35.3. The van der Waals surface area contributed by atoms with Crippen molar-refractivity contribution in [2.75, 3.05) is 7.11 Å². The molecule has 1 unspecified atom stereocenters. The monoisotopic (exact) mass is 507 g/mol. The second-order valence-corrected chi connectivity index (χ2v) is 8.87. The van der Waals surface area contributed by atoms with Gasteiger partial charge in [0.15, 0.2) is 5.75 Å². The first-order valence-electron chi connectivity index (χ1n) is 10.7. The van der Waals surface area contributed by atoms with Gasteiger partial charge in [-0.15, -0.1) is 0 Å². The summed E-state index contributed by atoms with van der Waals surface area (Å²) in [6, 6.07) is 13.2. The van der Waals surface area contributed by atoms with E-state index in [9.17, 15) is 14.7 Å². The largest absolute Gasteiger partial charge is 0.507 e. The predicted molar refractivity (Wildman–Crippen MR) is 133 cm³/mol. The number of likely N-dealkylation sites (tertiary alicyclic amines) is 1. The number of hydrogen-bond acceptors (Lipinski definition) is 5. The minimum Gasteiger partial charge on any atom is -0.507 e. The van der Waals surface area contributed by atoms with E-state index in [4.69, 9.17) is 27.9 Å². The van der Waals surface area contributed by atoms with Gasteiger partial charge in [0.2, 0.25) is 0 Å². The third-order valence-electron chi connectivity index (χ3n) is 6.01. The number of fused-ring (bicyclic) bond motifs is 1. The lowest BCUT2D eigenvalue weighted by atomic mass is 9.94. The highest BCUT2D eigenvalue weighted by Crippen LogP contribution is 2.44. The van der Waals surface area contributed by atoms with Crippen molar-refractivity contribution in [3.05, 3.63) is 99.4 Å². The number of hydrogen-bond donors (Lipinski definition) is 2. The van der Waals surface area contributed by atoms with Crippen LogP contribution in [-0.4, -0.2) is 38.8 Å². The minimum atomic E-state index is -0.856. The molecule has 7 nitrogen and oxygen atoms in total. The number of ether oxygens (including phenoxy) is 1. The maximum Gasteiger partial charge on any atom is 0.295 e. The zero-order chi connectivity index (χ0) is 24.7. The fourth-order valence-corrected chi connectivity index (χ4v) is 5.06. The molecule has 1 aliphatic rings. The average Bonchev–Trinajstić information content (AvgIpc) is 3.38. The molecule has 0 aliphatic carbocycles. The number of aromatic amines is 1. The fourth-order valence-electron chi connectivity index (χ4n) is 4.42. The number of halogens is 2. The van der Waals surface area contributed by atoms with Gasteiger partial charge in [-0.2, -0.15) is 0 Å². The Morgan fingerprint density at radius 3 is 2.57 bits per heavy atom. The first-order valence-corrected chi connectivity index (χ1v) is 11.4. The number of pyridine rings is 1. The summed E-state index contributed by atoms with van der Waals surface area (Å²) in [5.74, 6) is -1.66. The Balaban J connectivity index is 1.72. The van der Waals surface area contributed by atoms with E-state index in [2.05, 4.69) is 9.97 Å². The number of aliphatic hydroxyl groups is 1. The molecule has 9 heteroatoms. The van der Waals surface area contributed by atoms with Crippen LogP contribution in [0.5, 0.6) is 5.75 Å². The molecule has 1 aliphatic heterocycles. The highest BCUT2D eigenvalue weighted by molar-refractivity contribution is 6.47. The number of H-pyrrole nitrogens is 1. The number of benzene rings is 2. The van der Waals surface area contributed by atoms with Gasteiger partial charge in [-0.25, -0.2) is 0 Å². The number of para-hydroxylation sites is 1. The zero-order valence-electron chi connectivity index (χ0n) is 18.5. The van der Waals surface area contributed by atoms with Gasteiger partial charge in [-0.3, -0.25) is 14.6 Å². The molecule has 2 aromatic heterocycles. The lowest BCUT2D eigenvalue weighted by Gasteiger charge is -2.25. The van der Waals surface area contributed by atoms with Gasteiger partial charge in [-0.1, -0.05) is 47.5 Å². The summed E-state index contributed by atoms with van der Waals surface area (Å²) in [6.07, 6.45) is 5.01. The number of nitrogens with one attached hydrogen (secondary N) is 1. The number of carbonyl (C=O) groups excluding carboxylic acids is 2. The van der Waals surface area contributed by atoms with Gasteiger partial charge in [-0.05, 0) is 29.8 Å². The van der Waals surface area contributed by atoms with Crippen LogP contribution in [-0.2, 0) is 16.1 Å². The van der Waals surface area contributed by atoms with E-state index in [0.717, 1.165) is 16.5 Å². The maximum atomic E-state index is 13.3. The molecule has 0 bridgehead atoms. The number of nitrogens with zero attached hydrogens (tertiary/aromatic N) is 2. The van der Waals surface area contributed by atoms with Crippen LogP contribution in [0.25, 0.3) is 16.7 Å². The molecular weight excluding hydrogens is 489 g/mol. The van der Waals surface area contributed by atoms with Gasteiger partial charge >= 0.3 is 0 Å². The van der Waals surface area contributed by atoms with Crippen LogP contribution in [0.15, 0.2) is 72.7 Å². The van der Waals surface area contributed by atoms with E-state index in [-0.39, 0.29) is 39.2 Å². The molecule has 2 N–H and O–H groups in total. The van der Waals surface area contributed by atoms with Crippen molar-refractivity contribution in [2.45, 2.75) is 12.6 Å². The number of carbonyl (C=O) groups is 2. The Kier molecular flexibility index (Phi) is 5.96. The Hall–Kier alpha value is -3.81. The second-order valence-electron chi connectivity index (χ2n) is 8.05. The normalized spacial score (nSPS) is 17.3. The van der Waals surface area contributed by atoms with Crippen molar-refractivity contribution in [2.24, 2.45) is 0 Å². The van der Waals surface area contributed by atoms with Crippen LogP contribution in [0, 0.1) is 0 Å². The van der Waals surface area contributed by atoms with Crippen molar-refractivity contribution in [3.8, 4) is 5.75 Å². The molecule has 35 heavy (non-hydrogen) atoms. The van der Waals surface area contributed by atoms with Crippen molar-refractivity contribution < 1.29 is 19.4 Å². The first-order chi connectivity index (χ1) is 16.9. The van der Waals surface area contributed by atoms with Crippen molar-refractivity contribution in [3.63, 3.8) is 0 Å². The van der Waals surface area contributed by atoms with Gasteiger partial charge in [0, 0.05) is 47.2 Å². The molecule has 1 fully saturated rings. The molecule has 1 saturated heterocycles. The van der Waals surface area contributed by atoms with Crippen LogP contribution < -0.4 is 4.74 Å². The first kappa shape index (κ1) is 23.0. The van der Waals surface area contributed by atoms with E-state index in [1.54, 1.807) is 24.7 Å². The quantitative estimate of drug-likeness (QED) is 0.211. The molecule has 3 heterocycles. The number of rotatable bonds is 5. The summed E-state index contributed by atoms with van der Waals surface area (Å²) in [6.45, 7) is 0.128. The molecule has 5 rings (SSSR count). The van der Waals surface area contributed by atoms with E-state index in [1.807, 2.05) is 30.3 Å². The molecule has 2 aromatic carbocycles. The lowest BCUT2D eigenvalue weighted by Crippen LogP contribution is -2.29. The lowest BCUT2D eigenvalue weighted by molar-refractivity contribution is -0.140. The summed E-state index contributed by atoms with van der Waals surface area (Å²) in [5, 5.41) is 12.5. The minimum absolute atomic E-state index is 0.0547. The van der Waals surface area contributed by atoms with Gasteiger partial charge in [0.05, 0.1) is 28.8 Å². The highest BCUT2D eigenvalue weighted by atomic mass is 35.5. The third-order valence-corrected chi connectivity index (χ3v) is 6.57. The molecule has 0 saturated carbocycles. The summed E-state index contributed by atoms with van der Waals surface area (Å²) in [5.41, 5.74) is 2.40. The van der Waals surface area contributed by atoms with Crippen LogP contribution >= 0.6 is 23.2 Å². The SMILES string of the molecule is COc1c(Cl)cc(/C(O)=C2\C(=O)C(=O)N(Cc3cccnc3)C2c2c[nH]c3ccccc23)cc1Cl. The Bertz CT molecular complexity index is 1470. The standard InChI is InChI=1S/C26H19Cl2N3O4/c1-35-25-18(27)9-15(10-19(25)28)23(32)21-22(17-12-30-20-7-3-2-6-16(17)20)31(26(34)24(21)33)13-14-5-4-8-29-11-14/h2-12,22,30,32H,13H2,1H3/b23-21+. The Morgan fingerprint density at radius 1 is 1.14 bits per heavy atom. The molecule has 4 aromatic rings. The maximum absolute atomic E-state index is 13.3. The number of methoxy groups -OCH3 is 1. The smallest absolute Gasteiger partial charge is 0.295 e. The highest BCUT2D eigenvalue weighted by Gasteiger charge is 2.47. The number of Topliss-reactive ketones (excluding diaryl/α,β-unsaturated/α-hetero) is 1. The zero-order valence-corrected chi connectivity index (χ0v) is 20.0. The summed E-state index contributed by atoms with van der Waals surface area (Å²) in [7, 11) is 1.42. The second kappa shape index (κ2) is 9.09. The number of aliphatic hydroxyl groups excluding tert-OH is 1. The third kappa shape index (κ3) is 3.92. The van der Waals surface area contributed by atoms with Crippen molar-refractivity contribution in [1.82, 2.24) is 14.9 Å². The molecule has 176 valence electrons. The molecule has 0 radical (unpaired) electrons.